The van der Waals surface area contributed by atoms with Gasteiger partial charge in [0, 0.05) is 6.08 Å². The predicted octanol–water partition coefficient (Wildman–Crippen LogP) is 0.0135. The van der Waals surface area contributed by atoms with Gasteiger partial charge in [0.05, 0.1) is 5.75 Å². The van der Waals surface area contributed by atoms with E-state index >= 15 is 0 Å². The normalized spacial score (nSPS) is 11.2. The van der Waals surface area contributed by atoms with E-state index in [-0.39, 0.29) is 18.9 Å². The summed E-state index contributed by atoms with van der Waals surface area (Å²) in [7, 11) is -3.96. The van der Waals surface area contributed by atoms with Crippen molar-refractivity contribution in [2.45, 2.75) is 12.8 Å². The molecule has 18 heavy (non-hydrogen) atoms. The monoisotopic (exact) mass is 277 g/mol. The van der Waals surface area contributed by atoms with Crippen molar-refractivity contribution in [3.8, 4) is 0 Å². The van der Waals surface area contributed by atoms with Gasteiger partial charge in [0.25, 0.3) is 10.1 Å². The van der Waals surface area contributed by atoms with Gasteiger partial charge in [0.2, 0.25) is 5.91 Å². The highest BCUT2D eigenvalue weighted by Gasteiger charge is 2.02. The van der Waals surface area contributed by atoms with Crippen LogP contribution in [-0.2, 0) is 24.4 Å². The summed E-state index contributed by atoms with van der Waals surface area (Å²) >= 11 is 0. The Morgan fingerprint density at radius 2 is 2.06 bits per heavy atom. The average molecular weight is 277 g/mol. The summed E-state index contributed by atoms with van der Waals surface area (Å²) in [5.74, 6) is -1.48. The van der Waals surface area contributed by atoms with Crippen LogP contribution in [-0.4, -0.2) is 37.3 Å². The maximum absolute atomic E-state index is 11.0. The molecule has 0 spiro atoms. The van der Waals surface area contributed by atoms with Gasteiger partial charge in [-0.1, -0.05) is 12.7 Å². The predicted molar refractivity (Wildman–Crippen MR) is 64.1 cm³/mol. The van der Waals surface area contributed by atoms with Gasteiger partial charge in [0.15, 0.2) is 6.73 Å². The number of esters is 1. The highest BCUT2D eigenvalue weighted by atomic mass is 32.2. The lowest BCUT2D eigenvalue weighted by Gasteiger charge is -2.01. The molecule has 0 aromatic rings. The number of hydrogen-bond donors (Lipinski definition) is 2. The summed E-state index contributed by atoms with van der Waals surface area (Å²) in [6.07, 6.45) is 4.09. The number of allylic oxidation sites excluding steroid dienone is 1. The fourth-order valence-electron chi connectivity index (χ4n) is 0.862. The lowest BCUT2D eigenvalue weighted by molar-refractivity contribution is -0.139. The number of rotatable bonds is 8. The van der Waals surface area contributed by atoms with E-state index in [9.17, 15) is 18.0 Å². The minimum absolute atomic E-state index is 0.204. The van der Waals surface area contributed by atoms with E-state index in [4.69, 9.17) is 4.55 Å². The fourth-order valence-corrected chi connectivity index (χ4v) is 1.39. The number of unbranched alkanes of at least 4 members (excludes halogenated alkanes) is 1. The van der Waals surface area contributed by atoms with Crippen LogP contribution in [0.4, 0.5) is 0 Å². The second kappa shape index (κ2) is 8.43. The van der Waals surface area contributed by atoms with Crippen LogP contribution >= 0.6 is 0 Å². The van der Waals surface area contributed by atoms with Gasteiger partial charge in [-0.2, -0.15) is 8.42 Å². The molecule has 0 aliphatic rings. The third kappa shape index (κ3) is 10.8. The molecule has 1 amide bonds. The van der Waals surface area contributed by atoms with E-state index in [2.05, 4.69) is 16.6 Å². The van der Waals surface area contributed by atoms with Crippen LogP contribution in [0.1, 0.15) is 12.8 Å². The number of ether oxygens (including phenoxy) is 1. The van der Waals surface area contributed by atoms with Gasteiger partial charge in [-0.15, -0.1) is 0 Å². The standard InChI is InChI=1S/C10H15NO6S/c1-2-9(12)11-8-17-10(13)6-4-3-5-7-18(14,15)16/h2,4,6H,1,3,5,7-8H2,(H,11,12)(H,14,15,16). The summed E-state index contributed by atoms with van der Waals surface area (Å²) in [5, 5.41) is 2.24. The third-order valence-corrected chi connectivity index (χ3v) is 2.48. The molecule has 2 N–H and O–H groups in total. The number of hydrogen-bond acceptors (Lipinski definition) is 5. The van der Waals surface area contributed by atoms with E-state index in [0.717, 1.165) is 12.2 Å². The molecule has 0 heterocycles. The van der Waals surface area contributed by atoms with Gasteiger partial charge in [-0.25, -0.2) is 4.79 Å². The molecule has 0 saturated heterocycles. The Kier molecular flexibility index (Phi) is 7.64. The Morgan fingerprint density at radius 3 is 2.61 bits per heavy atom. The van der Waals surface area contributed by atoms with Crippen LogP contribution in [0.5, 0.6) is 0 Å². The first-order chi connectivity index (χ1) is 8.35. The average Bonchev–Trinajstić information content (AvgIpc) is 2.26. The van der Waals surface area contributed by atoms with Gasteiger partial charge < -0.3 is 10.1 Å². The molecule has 7 nitrogen and oxygen atoms in total. The van der Waals surface area contributed by atoms with E-state index < -0.39 is 22.0 Å². The first kappa shape index (κ1) is 16.3. The SMILES string of the molecule is C=CC(=O)NCOC(=O)C=CCCCS(=O)(=O)O. The topological polar surface area (TPSA) is 110 Å². The van der Waals surface area contributed by atoms with Crippen LogP contribution in [0.25, 0.3) is 0 Å². The second-order valence-electron chi connectivity index (χ2n) is 3.18. The molecule has 0 aromatic carbocycles. The largest absolute Gasteiger partial charge is 0.441 e. The van der Waals surface area contributed by atoms with E-state index in [1.54, 1.807) is 0 Å². The lowest BCUT2D eigenvalue weighted by atomic mass is 10.3. The highest BCUT2D eigenvalue weighted by molar-refractivity contribution is 7.85. The maximum atomic E-state index is 11.0. The summed E-state index contributed by atoms with van der Waals surface area (Å²) in [5.41, 5.74) is 0. The zero-order valence-corrected chi connectivity index (χ0v) is 10.5. The molecule has 0 bridgehead atoms. The van der Waals surface area contributed by atoms with Crippen molar-refractivity contribution < 1.29 is 27.3 Å². The summed E-state index contributed by atoms with van der Waals surface area (Å²) < 4.78 is 33.7. The van der Waals surface area contributed by atoms with Crippen molar-refractivity contribution >= 4 is 22.0 Å². The first-order valence-corrected chi connectivity index (χ1v) is 6.65. The van der Waals surface area contributed by atoms with Crippen LogP contribution in [0, 0.1) is 0 Å². The summed E-state index contributed by atoms with van der Waals surface area (Å²) in [4.78, 5) is 21.7. The number of carbonyl (C=O) groups is 2. The third-order valence-electron chi connectivity index (χ3n) is 1.67. The molecule has 0 unspecified atom stereocenters. The van der Waals surface area contributed by atoms with Crippen molar-refractivity contribution in [2.24, 2.45) is 0 Å². The Bertz CT molecular complexity index is 426. The second-order valence-corrected chi connectivity index (χ2v) is 4.76. The van der Waals surface area contributed by atoms with Gasteiger partial charge in [-0.3, -0.25) is 9.35 Å². The van der Waals surface area contributed by atoms with Crippen LogP contribution in [0.3, 0.4) is 0 Å². The Morgan fingerprint density at radius 1 is 1.39 bits per heavy atom. The molecule has 0 aliphatic carbocycles. The van der Waals surface area contributed by atoms with Crippen molar-refractivity contribution in [3.63, 3.8) is 0 Å². The van der Waals surface area contributed by atoms with Gasteiger partial charge >= 0.3 is 5.97 Å². The minimum atomic E-state index is -3.96. The molecule has 0 radical (unpaired) electrons. The van der Waals surface area contributed by atoms with Crippen molar-refractivity contribution in [1.82, 2.24) is 5.32 Å². The highest BCUT2D eigenvalue weighted by Crippen LogP contribution is 1.95. The molecule has 0 saturated carbocycles. The zero-order chi connectivity index (χ0) is 14.0. The van der Waals surface area contributed by atoms with E-state index in [1.165, 1.54) is 6.08 Å². The smallest absolute Gasteiger partial charge is 0.332 e. The Hall–Kier alpha value is -1.67. The molecular weight excluding hydrogens is 262 g/mol. The number of nitrogens with one attached hydrogen (secondary N) is 1. The molecular formula is C10H15NO6S. The number of carbonyl (C=O) groups excluding carboxylic acids is 2. The molecule has 0 aliphatic heterocycles. The summed E-state index contributed by atoms with van der Waals surface area (Å²) in [6, 6.07) is 0. The van der Waals surface area contributed by atoms with E-state index in [1.807, 2.05) is 0 Å². The zero-order valence-electron chi connectivity index (χ0n) is 9.66. The van der Waals surface area contributed by atoms with Gasteiger partial charge in [0.1, 0.15) is 0 Å². The van der Waals surface area contributed by atoms with E-state index in [0.29, 0.717) is 6.42 Å². The van der Waals surface area contributed by atoms with Crippen molar-refractivity contribution in [3.05, 3.63) is 24.8 Å². The quantitative estimate of drug-likeness (QED) is 0.213. The molecule has 102 valence electrons. The molecule has 0 rings (SSSR count). The molecule has 0 fully saturated rings. The number of amides is 1. The van der Waals surface area contributed by atoms with Crippen molar-refractivity contribution in [1.29, 1.82) is 0 Å². The van der Waals surface area contributed by atoms with Gasteiger partial charge in [-0.05, 0) is 18.9 Å². The molecule has 8 heteroatoms. The minimum Gasteiger partial charge on any atom is -0.441 e. The maximum Gasteiger partial charge on any atom is 0.332 e. The van der Waals surface area contributed by atoms with Crippen LogP contribution in [0.15, 0.2) is 24.8 Å². The van der Waals surface area contributed by atoms with Crippen molar-refractivity contribution in [2.75, 3.05) is 12.5 Å². The summed E-state index contributed by atoms with van der Waals surface area (Å²) in [6.45, 7) is 2.95. The first-order valence-electron chi connectivity index (χ1n) is 5.04. The molecule has 0 atom stereocenters. The Labute approximate surface area is 105 Å². The fraction of sp³-hybridized carbons (Fsp3) is 0.400. The van der Waals surface area contributed by atoms with Crippen LogP contribution < -0.4 is 5.32 Å². The Balaban J connectivity index is 3.69. The molecule has 0 aromatic heterocycles. The lowest BCUT2D eigenvalue weighted by Crippen LogP contribution is -2.25. The van der Waals surface area contributed by atoms with Crippen LogP contribution in [0.2, 0.25) is 0 Å².